The van der Waals surface area contributed by atoms with E-state index in [1.165, 1.54) is 0 Å². The number of carbonyl (C=O) groups excluding carboxylic acids is 1. The number of hydrogen-bond acceptors (Lipinski definition) is 3. The molecule has 0 aromatic rings. The van der Waals surface area contributed by atoms with Crippen LogP contribution in [0.2, 0.25) is 0 Å². The van der Waals surface area contributed by atoms with Crippen molar-refractivity contribution < 1.29 is 4.79 Å². The first-order valence-electron chi connectivity index (χ1n) is 7.04. The number of amides is 1. The molecule has 4 nitrogen and oxygen atoms in total. The molecule has 2 fully saturated rings. The molecule has 2 aliphatic rings. The number of piperidine rings is 1. The molecular formula is C14H23N3O. The molecule has 0 radical (unpaired) electrons. The van der Waals surface area contributed by atoms with E-state index in [1.807, 2.05) is 0 Å². The molecule has 1 unspecified atom stereocenters. The van der Waals surface area contributed by atoms with E-state index in [2.05, 4.69) is 30.1 Å². The fraction of sp³-hybridized carbons (Fsp3) is 0.857. The fourth-order valence-electron chi connectivity index (χ4n) is 3.24. The summed E-state index contributed by atoms with van der Waals surface area (Å²) in [6.45, 7) is 7.34. The Morgan fingerprint density at radius 1 is 1.56 bits per heavy atom. The van der Waals surface area contributed by atoms with Gasteiger partial charge in [-0.1, -0.05) is 13.8 Å². The third-order valence-electron chi connectivity index (χ3n) is 4.33. The van der Waals surface area contributed by atoms with Crippen LogP contribution in [0.4, 0.5) is 0 Å². The topological polar surface area (TPSA) is 56.1 Å². The van der Waals surface area contributed by atoms with E-state index in [4.69, 9.17) is 0 Å². The highest BCUT2D eigenvalue weighted by Gasteiger charge is 2.49. The van der Waals surface area contributed by atoms with Crippen molar-refractivity contribution in [2.45, 2.75) is 45.6 Å². The maximum Gasteiger partial charge on any atom is 0.240 e. The number of rotatable bonds is 3. The predicted molar refractivity (Wildman–Crippen MR) is 69.7 cm³/mol. The van der Waals surface area contributed by atoms with Crippen LogP contribution in [-0.2, 0) is 4.79 Å². The van der Waals surface area contributed by atoms with Gasteiger partial charge in [0.2, 0.25) is 5.91 Å². The quantitative estimate of drug-likeness (QED) is 0.825. The number of likely N-dealkylation sites (N-methyl/N-ethyl adjacent to an activating group) is 1. The molecule has 1 saturated carbocycles. The van der Waals surface area contributed by atoms with Crippen molar-refractivity contribution in [3.63, 3.8) is 0 Å². The van der Waals surface area contributed by atoms with Gasteiger partial charge in [-0.05, 0) is 44.7 Å². The summed E-state index contributed by atoms with van der Waals surface area (Å²) in [5, 5.41) is 12.3. The van der Waals surface area contributed by atoms with Gasteiger partial charge in [-0.3, -0.25) is 4.79 Å². The molecule has 0 aromatic heterocycles. The Morgan fingerprint density at radius 3 is 2.83 bits per heavy atom. The van der Waals surface area contributed by atoms with Gasteiger partial charge in [-0.25, -0.2) is 0 Å². The van der Waals surface area contributed by atoms with Crippen molar-refractivity contribution in [1.82, 2.24) is 10.2 Å². The van der Waals surface area contributed by atoms with Gasteiger partial charge in [0.05, 0.1) is 6.07 Å². The van der Waals surface area contributed by atoms with Crippen LogP contribution in [0, 0.1) is 22.7 Å². The molecular weight excluding hydrogens is 226 g/mol. The van der Waals surface area contributed by atoms with E-state index in [0.717, 1.165) is 45.3 Å². The van der Waals surface area contributed by atoms with Gasteiger partial charge in [0, 0.05) is 12.6 Å². The Bertz CT molecular complexity index is 355. The van der Waals surface area contributed by atoms with E-state index >= 15 is 0 Å². The van der Waals surface area contributed by atoms with Crippen molar-refractivity contribution in [2.75, 3.05) is 19.6 Å². The minimum Gasteiger partial charge on any atom is -0.351 e. The molecule has 4 heteroatoms. The van der Waals surface area contributed by atoms with E-state index < -0.39 is 5.41 Å². The third kappa shape index (κ3) is 2.51. The number of nitrogens with one attached hydrogen (secondary N) is 1. The van der Waals surface area contributed by atoms with Crippen LogP contribution in [0.15, 0.2) is 0 Å². The molecule has 1 aliphatic carbocycles. The van der Waals surface area contributed by atoms with Gasteiger partial charge in [0.15, 0.2) is 0 Å². The summed E-state index contributed by atoms with van der Waals surface area (Å²) < 4.78 is 0. The molecule has 1 atom stereocenters. The molecule has 1 heterocycles. The summed E-state index contributed by atoms with van der Waals surface area (Å²) in [5.74, 6) is 0.472. The van der Waals surface area contributed by atoms with E-state index in [1.54, 1.807) is 0 Å². The average molecular weight is 249 g/mol. The van der Waals surface area contributed by atoms with Crippen molar-refractivity contribution in [1.29, 1.82) is 5.26 Å². The Kier molecular flexibility index (Phi) is 3.91. The smallest absolute Gasteiger partial charge is 0.240 e. The first kappa shape index (κ1) is 13.4. The minimum atomic E-state index is -0.728. The largest absolute Gasteiger partial charge is 0.351 e. The summed E-state index contributed by atoms with van der Waals surface area (Å²) in [5.41, 5.74) is -0.728. The van der Waals surface area contributed by atoms with Crippen LogP contribution in [0.1, 0.15) is 39.5 Å². The molecule has 0 aromatic carbocycles. The van der Waals surface area contributed by atoms with Crippen LogP contribution in [-0.4, -0.2) is 36.5 Å². The van der Waals surface area contributed by atoms with Gasteiger partial charge >= 0.3 is 0 Å². The lowest BCUT2D eigenvalue weighted by Crippen LogP contribution is -2.54. The summed E-state index contributed by atoms with van der Waals surface area (Å²) >= 11 is 0. The molecule has 1 aliphatic heterocycles. The molecule has 0 bridgehead atoms. The van der Waals surface area contributed by atoms with Gasteiger partial charge in [0.1, 0.15) is 5.41 Å². The maximum absolute atomic E-state index is 12.2. The highest BCUT2D eigenvalue weighted by atomic mass is 16.2. The molecule has 1 saturated heterocycles. The normalized spacial score (nSPS) is 36.5. The predicted octanol–water partition coefficient (Wildman–Crippen LogP) is 1.53. The highest BCUT2D eigenvalue weighted by molar-refractivity contribution is 5.86. The van der Waals surface area contributed by atoms with Gasteiger partial charge < -0.3 is 10.2 Å². The summed E-state index contributed by atoms with van der Waals surface area (Å²) in [7, 11) is 0. The van der Waals surface area contributed by atoms with E-state index in [-0.39, 0.29) is 11.9 Å². The van der Waals surface area contributed by atoms with Gasteiger partial charge in [0.25, 0.3) is 0 Å². The number of likely N-dealkylation sites (tertiary alicyclic amines) is 1. The lowest BCUT2D eigenvalue weighted by Gasteiger charge is -2.41. The Balaban J connectivity index is 1.89. The van der Waals surface area contributed by atoms with Crippen LogP contribution >= 0.6 is 0 Å². The van der Waals surface area contributed by atoms with Crippen LogP contribution < -0.4 is 5.32 Å². The monoisotopic (exact) mass is 249 g/mol. The van der Waals surface area contributed by atoms with Gasteiger partial charge in [-0.15, -0.1) is 0 Å². The molecule has 1 amide bonds. The van der Waals surface area contributed by atoms with Crippen molar-refractivity contribution in [3.05, 3.63) is 0 Å². The number of hydrogen-bond donors (Lipinski definition) is 1. The standard InChI is InChI=1S/C14H23N3O/c1-3-17-6-4-5-12(9-17)16-13(18)14(10-15)7-11(2)8-14/h11-12H,3-9H2,1-2H3,(H,16,18). The van der Waals surface area contributed by atoms with Crippen LogP contribution in [0.3, 0.4) is 0 Å². The molecule has 2 rings (SSSR count). The highest BCUT2D eigenvalue weighted by Crippen LogP contribution is 2.45. The fourth-order valence-corrected chi connectivity index (χ4v) is 3.24. The molecule has 18 heavy (non-hydrogen) atoms. The van der Waals surface area contributed by atoms with Crippen molar-refractivity contribution in [2.24, 2.45) is 11.3 Å². The number of carbonyl (C=O) groups is 1. The maximum atomic E-state index is 12.2. The summed E-state index contributed by atoms with van der Waals surface area (Å²) in [4.78, 5) is 14.6. The molecule has 1 N–H and O–H groups in total. The zero-order valence-corrected chi connectivity index (χ0v) is 11.4. The first-order chi connectivity index (χ1) is 8.59. The second-order valence-electron chi connectivity index (χ2n) is 5.91. The summed E-state index contributed by atoms with van der Waals surface area (Å²) in [6, 6.07) is 2.46. The van der Waals surface area contributed by atoms with Crippen molar-refractivity contribution in [3.8, 4) is 6.07 Å². The van der Waals surface area contributed by atoms with E-state index in [0.29, 0.717) is 5.92 Å². The zero-order valence-electron chi connectivity index (χ0n) is 11.4. The Labute approximate surface area is 109 Å². The first-order valence-corrected chi connectivity index (χ1v) is 7.04. The number of nitriles is 1. The SMILES string of the molecule is CCN1CCCC(NC(=O)C2(C#N)CC(C)C2)C1. The second-order valence-corrected chi connectivity index (χ2v) is 5.91. The molecule has 100 valence electrons. The third-order valence-corrected chi connectivity index (χ3v) is 4.33. The van der Waals surface area contributed by atoms with Crippen LogP contribution in [0.5, 0.6) is 0 Å². The van der Waals surface area contributed by atoms with E-state index in [9.17, 15) is 10.1 Å². The average Bonchev–Trinajstić information content (AvgIpc) is 2.34. The van der Waals surface area contributed by atoms with Gasteiger partial charge in [-0.2, -0.15) is 5.26 Å². The summed E-state index contributed by atoms with van der Waals surface area (Å²) in [6.07, 6.45) is 3.62. The molecule has 0 spiro atoms. The number of nitrogens with zero attached hydrogens (tertiary/aromatic N) is 2. The Morgan fingerprint density at radius 2 is 2.28 bits per heavy atom. The second kappa shape index (κ2) is 5.27. The minimum absolute atomic E-state index is 0.0361. The van der Waals surface area contributed by atoms with Crippen LogP contribution in [0.25, 0.3) is 0 Å². The zero-order chi connectivity index (χ0) is 13.2. The Hall–Kier alpha value is -1.08. The van der Waals surface area contributed by atoms with Crippen molar-refractivity contribution >= 4 is 5.91 Å². The lowest BCUT2D eigenvalue weighted by molar-refractivity contribution is -0.135. The lowest BCUT2D eigenvalue weighted by atomic mass is 9.63.